The van der Waals surface area contributed by atoms with Gasteiger partial charge in [-0.3, -0.25) is 0 Å². The molecule has 0 unspecified atom stereocenters. The van der Waals surface area contributed by atoms with Crippen LogP contribution in [-0.4, -0.2) is 42.0 Å². The predicted octanol–water partition coefficient (Wildman–Crippen LogP) is 4.97. The SMILES string of the molecule is CC(C)Oc1cc(-c2ccc(OCCNC[C@@H](O)c3cccc(N)c3)cc2)ccc1C(=O)O.Cl.Cl. The molecule has 7 nitrogen and oxygen atoms in total. The molecule has 0 amide bonds. The second-order valence-electron chi connectivity index (χ2n) is 7.95. The van der Waals surface area contributed by atoms with Crippen molar-refractivity contribution in [1.82, 2.24) is 5.32 Å². The van der Waals surface area contributed by atoms with Gasteiger partial charge in [0.05, 0.1) is 12.2 Å². The largest absolute Gasteiger partial charge is 0.492 e. The zero-order valence-corrected chi connectivity index (χ0v) is 21.3. The Balaban J connectivity index is 0.00000306. The Labute approximate surface area is 218 Å². The number of aromatic carboxylic acids is 1. The van der Waals surface area contributed by atoms with Crippen molar-refractivity contribution in [1.29, 1.82) is 0 Å². The number of benzene rings is 3. The fourth-order valence-corrected chi connectivity index (χ4v) is 3.34. The summed E-state index contributed by atoms with van der Waals surface area (Å²) in [5.41, 5.74) is 9.08. The van der Waals surface area contributed by atoms with Crippen LogP contribution in [0.25, 0.3) is 11.1 Å². The third kappa shape index (κ3) is 8.96. The van der Waals surface area contributed by atoms with Crippen LogP contribution in [0.1, 0.15) is 35.9 Å². The lowest BCUT2D eigenvalue weighted by molar-refractivity contribution is 0.0690. The number of aliphatic hydroxyl groups is 1. The number of carboxylic acids is 1. The molecule has 5 N–H and O–H groups in total. The molecule has 0 radical (unpaired) electrons. The molecule has 190 valence electrons. The number of hydrogen-bond acceptors (Lipinski definition) is 6. The summed E-state index contributed by atoms with van der Waals surface area (Å²) in [7, 11) is 0. The molecule has 0 spiro atoms. The first-order chi connectivity index (χ1) is 15.8. The van der Waals surface area contributed by atoms with Crippen LogP contribution < -0.4 is 20.5 Å². The van der Waals surface area contributed by atoms with Gasteiger partial charge in [0.25, 0.3) is 0 Å². The van der Waals surface area contributed by atoms with Gasteiger partial charge in [-0.15, -0.1) is 24.8 Å². The molecule has 0 fully saturated rings. The number of halogens is 2. The van der Waals surface area contributed by atoms with E-state index >= 15 is 0 Å². The highest BCUT2D eigenvalue weighted by Crippen LogP contribution is 2.29. The summed E-state index contributed by atoms with van der Waals surface area (Å²) in [5.74, 6) is 0.0505. The number of nitrogens with one attached hydrogen (secondary N) is 1. The molecule has 0 saturated carbocycles. The van der Waals surface area contributed by atoms with Crippen LogP contribution in [0.2, 0.25) is 0 Å². The third-order valence-electron chi connectivity index (χ3n) is 4.94. The van der Waals surface area contributed by atoms with Crippen LogP contribution in [-0.2, 0) is 0 Å². The van der Waals surface area contributed by atoms with Gasteiger partial charge in [-0.25, -0.2) is 4.79 Å². The zero-order chi connectivity index (χ0) is 23.8. The van der Waals surface area contributed by atoms with E-state index in [9.17, 15) is 15.0 Å². The summed E-state index contributed by atoms with van der Waals surface area (Å²) in [6, 6.07) is 19.8. The zero-order valence-electron chi connectivity index (χ0n) is 19.6. The Morgan fingerprint density at radius 2 is 1.69 bits per heavy atom. The number of hydrogen-bond donors (Lipinski definition) is 4. The minimum Gasteiger partial charge on any atom is -0.492 e. The van der Waals surface area contributed by atoms with Crippen molar-refractivity contribution in [3.63, 3.8) is 0 Å². The van der Waals surface area contributed by atoms with E-state index in [1.165, 1.54) is 0 Å². The molecule has 0 heterocycles. The third-order valence-corrected chi connectivity index (χ3v) is 4.94. The van der Waals surface area contributed by atoms with Crippen molar-refractivity contribution < 1.29 is 24.5 Å². The van der Waals surface area contributed by atoms with Crippen molar-refractivity contribution in [2.75, 3.05) is 25.4 Å². The number of ether oxygens (including phenoxy) is 2. The second-order valence-corrected chi connectivity index (χ2v) is 7.95. The van der Waals surface area contributed by atoms with Gasteiger partial charge >= 0.3 is 5.97 Å². The van der Waals surface area contributed by atoms with E-state index in [0.29, 0.717) is 31.1 Å². The Bertz CT molecular complexity index is 1080. The monoisotopic (exact) mass is 522 g/mol. The summed E-state index contributed by atoms with van der Waals surface area (Å²) >= 11 is 0. The molecule has 0 bridgehead atoms. The molecule has 0 aliphatic carbocycles. The van der Waals surface area contributed by atoms with Gasteiger partial charge in [0.15, 0.2) is 0 Å². The van der Waals surface area contributed by atoms with E-state index < -0.39 is 12.1 Å². The molecule has 3 aromatic carbocycles. The Kier molecular flexibility index (Phi) is 12.4. The van der Waals surface area contributed by atoms with Gasteiger partial charge in [0.2, 0.25) is 0 Å². The number of anilines is 1. The molecule has 3 rings (SSSR count). The second kappa shape index (κ2) is 14.4. The van der Waals surface area contributed by atoms with E-state index in [2.05, 4.69) is 5.32 Å². The maximum absolute atomic E-state index is 11.4. The number of nitrogens with two attached hydrogens (primary N) is 1. The Morgan fingerprint density at radius 1 is 1.00 bits per heavy atom. The van der Waals surface area contributed by atoms with Crippen molar-refractivity contribution in [2.24, 2.45) is 0 Å². The lowest BCUT2D eigenvalue weighted by Crippen LogP contribution is -2.26. The number of nitrogen functional groups attached to an aromatic ring is 1. The van der Waals surface area contributed by atoms with Crippen LogP contribution in [0.4, 0.5) is 5.69 Å². The van der Waals surface area contributed by atoms with E-state index in [-0.39, 0.29) is 36.5 Å². The molecule has 1 atom stereocenters. The average molecular weight is 523 g/mol. The van der Waals surface area contributed by atoms with Crippen LogP contribution >= 0.6 is 24.8 Å². The first kappa shape index (κ1) is 30.1. The summed E-state index contributed by atoms with van der Waals surface area (Å²) in [6.45, 7) is 5.14. The lowest BCUT2D eigenvalue weighted by atomic mass is 10.0. The quantitative estimate of drug-likeness (QED) is 0.207. The van der Waals surface area contributed by atoms with Crippen molar-refractivity contribution in [3.05, 3.63) is 77.9 Å². The first-order valence-corrected chi connectivity index (χ1v) is 10.8. The van der Waals surface area contributed by atoms with E-state index in [1.54, 1.807) is 30.3 Å². The van der Waals surface area contributed by atoms with E-state index in [4.69, 9.17) is 15.2 Å². The summed E-state index contributed by atoms with van der Waals surface area (Å²) < 4.78 is 11.4. The molecule has 0 aromatic heterocycles. The van der Waals surface area contributed by atoms with Crippen LogP contribution in [0.3, 0.4) is 0 Å². The van der Waals surface area contributed by atoms with Crippen LogP contribution in [0.15, 0.2) is 66.7 Å². The Hall–Kier alpha value is -2.97. The molecule has 0 aliphatic rings. The molecule has 0 aliphatic heterocycles. The number of rotatable bonds is 11. The van der Waals surface area contributed by atoms with Gasteiger partial charge in [0, 0.05) is 18.8 Å². The number of carboxylic acid groups (broad SMARTS) is 1. The highest BCUT2D eigenvalue weighted by molar-refractivity contribution is 5.92. The van der Waals surface area contributed by atoms with Gasteiger partial charge in [0.1, 0.15) is 23.7 Å². The minimum atomic E-state index is -1.02. The standard InChI is InChI=1S/C26H30N2O5.2ClH/c1-17(2)33-25-15-19(8-11-23(25)26(30)31)18-6-9-22(10-7-18)32-13-12-28-16-24(29)20-4-3-5-21(27)14-20;;/h3-11,14-15,17,24,28-29H,12-13,16,27H2,1-2H3,(H,30,31);2*1H/t24-;;/m1../s1. The lowest BCUT2D eigenvalue weighted by Gasteiger charge is -2.14. The maximum Gasteiger partial charge on any atom is 0.339 e. The smallest absolute Gasteiger partial charge is 0.339 e. The maximum atomic E-state index is 11.4. The van der Waals surface area contributed by atoms with Crippen molar-refractivity contribution in [3.8, 4) is 22.6 Å². The number of aliphatic hydroxyl groups excluding tert-OH is 1. The van der Waals surface area contributed by atoms with Crippen LogP contribution in [0.5, 0.6) is 11.5 Å². The molecular weight excluding hydrogens is 491 g/mol. The topological polar surface area (TPSA) is 114 Å². The molecular formula is C26H32Cl2N2O5. The first-order valence-electron chi connectivity index (χ1n) is 10.8. The van der Waals surface area contributed by atoms with Gasteiger partial charge in [-0.1, -0.05) is 30.3 Å². The fraction of sp³-hybridized carbons (Fsp3) is 0.269. The van der Waals surface area contributed by atoms with Gasteiger partial charge < -0.3 is 30.7 Å². The van der Waals surface area contributed by atoms with E-state index in [0.717, 1.165) is 22.4 Å². The minimum absolute atomic E-state index is 0. The summed E-state index contributed by atoms with van der Waals surface area (Å²) in [6.07, 6.45) is -0.764. The summed E-state index contributed by atoms with van der Waals surface area (Å²) in [5, 5.41) is 22.8. The van der Waals surface area contributed by atoms with Crippen molar-refractivity contribution in [2.45, 2.75) is 26.1 Å². The normalized spacial score (nSPS) is 11.2. The summed E-state index contributed by atoms with van der Waals surface area (Å²) in [4.78, 5) is 11.4. The van der Waals surface area contributed by atoms with Gasteiger partial charge in [-0.2, -0.15) is 0 Å². The average Bonchev–Trinajstić information content (AvgIpc) is 2.78. The molecule has 35 heavy (non-hydrogen) atoms. The number of carbonyl (C=O) groups is 1. The highest BCUT2D eigenvalue weighted by atomic mass is 35.5. The van der Waals surface area contributed by atoms with Crippen LogP contribution in [0, 0.1) is 0 Å². The van der Waals surface area contributed by atoms with Crippen molar-refractivity contribution >= 4 is 36.5 Å². The van der Waals surface area contributed by atoms with E-state index in [1.807, 2.05) is 50.2 Å². The highest BCUT2D eigenvalue weighted by Gasteiger charge is 2.14. The van der Waals surface area contributed by atoms with Gasteiger partial charge in [-0.05, 0) is 66.9 Å². The predicted molar refractivity (Wildman–Crippen MR) is 143 cm³/mol. The fourth-order valence-electron chi connectivity index (χ4n) is 3.34. The molecule has 3 aromatic rings. The Morgan fingerprint density at radius 3 is 2.31 bits per heavy atom. The molecule has 0 saturated heterocycles. The molecule has 9 heteroatoms.